The number of anilines is 1. The number of likely N-dealkylation sites (N-methyl/N-ethyl adjacent to an activating group) is 1. The van der Waals surface area contributed by atoms with Gasteiger partial charge in [0.15, 0.2) is 11.0 Å². The molecule has 6 rings (SSSR count). The number of ether oxygens (including phenoxy) is 4. The lowest BCUT2D eigenvalue weighted by Crippen LogP contribution is -2.71. The molecule has 0 saturated carbocycles. The quantitative estimate of drug-likeness (QED) is 0.302. The van der Waals surface area contributed by atoms with Gasteiger partial charge >= 0.3 is 22.0 Å². The Labute approximate surface area is 298 Å². The first-order valence-electron chi connectivity index (χ1n) is 17.0. The molecule has 51 heavy (non-hydrogen) atoms. The Balaban J connectivity index is 1.57. The van der Waals surface area contributed by atoms with E-state index >= 15 is 13.2 Å². The predicted molar refractivity (Wildman–Crippen MR) is 186 cm³/mol. The molecule has 270 valence electrons. The number of benzene rings is 2. The molecule has 2 saturated heterocycles. The molecule has 3 aliphatic rings. The summed E-state index contributed by atoms with van der Waals surface area (Å²) in [6.07, 6.45) is -0.707. The number of sulfonamides is 1. The molecule has 1 aromatic heterocycles. The Hall–Kier alpha value is -4.75. The number of pyridine rings is 1. The second kappa shape index (κ2) is 14.8. The van der Waals surface area contributed by atoms with Gasteiger partial charge in [-0.1, -0.05) is 35.1 Å². The lowest BCUT2D eigenvalue weighted by atomic mass is 9.78. The molecule has 4 heterocycles. The summed E-state index contributed by atoms with van der Waals surface area (Å²) in [5.41, 5.74) is 1.65. The van der Waals surface area contributed by atoms with Crippen LogP contribution in [0.2, 0.25) is 0 Å². The number of para-hydroxylation sites is 1. The SMILES string of the molecule is CCOc1ncccc1C1C(=O)[N+](C(=O)OC2CNc3ccccc32)(S(=O)(=O)c2ccc(OC)cc2OC)CC(C#N)C1N1CCN(CC)CC1. The van der Waals surface area contributed by atoms with Gasteiger partial charge in [-0.05, 0) is 37.7 Å². The monoisotopic (exact) mass is 719 g/mol. The topological polar surface area (TPSA) is 160 Å². The summed E-state index contributed by atoms with van der Waals surface area (Å²) in [6.45, 7) is 6.80. The fraction of sp³-hybridized carbons (Fsp3) is 0.444. The zero-order chi connectivity index (χ0) is 36.3. The zero-order valence-corrected chi connectivity index (χ0v) is 30.0. The number of nitrogens with zero attached hydrogens (tertiary/aromatic N) is 5. The highest BCUT2D eigenvalue weighted by molar-refractivity contribution is 7.86. The Bertz CT molecular complexity index is 1930. The van der Waals surface area contributed by atoms with Crippen molar-refractivity contribution in [3.8, 4) is 23.4 Å². The Kier molecular flexibility index (Phi) is 10.5. The van der Waals surface area contributed by atoms with E-state index in [1.54, 1.807) is 31.2 Å². The number of fused-ring (bicyclic) bond motifs is 1. The number of carbonyl (C=O) groups is 2. The van der Waals surface area contributed by atoms with Crippen molar-refractivity contribution < 1.29 is 40.8 Å². The molecule has 0 spiro atoms. The molecule has 2 fully saturated rings. The van der Waals surface area contributed by atoms with Gasteiger partial charge in [-0.2, -0.15) is 18.5 Å². The lowest BCUT2D eigenvalue weighted by Gasteiger charge is -2.48. The van der Waals surface area contributed by atoms with Crippen molar-refractivity contribution in [1.29, 1.82) is 5.26 Å². The van der Waals surface area contributed by atoms with Crippen LogP contribution in [0.25, 0.3) is 0 Å². The summed E-state index contributed by atoms with van der Waals surface area (Å²) in [7, 11) is -2.36. The van der Waals surface area contributed by atoms with Crippen LogP contribution in [0.4, 0.5) is 10.5 Å². The smallest absolute Gasteiger partial charge is 0.497 e. The van der Waals surface area contributed by atoms with Gasteiger partial charge in [0.2, 0.25) is 5.88 Å². The van der Waals surface area contributed by atoms with Gasteiger partial charge < -0.3 is 29.2 Å². The zero-order valence-electron chi connectivity index (χ0n) is 29.2. The number of piperazine rings is 1. The van der Waals surface area contributed by atoms with E-state index in [9.17, 15) is 10.1 Å². The third-order valence-electron chi connectivity index (χ3n) is 10.1. The number of carbonyl (C=O) groups excluding carboxylic acids is 2. The van der Waals surface area contributed by atoms with Gasteiger partial charge in [-0.25, -0.2) is 9.78 Å². The minimum Gasteiger partial charge on any atom is -0.497 e. The molecule has 0 aliphatic carbocycles. The molecule has 3 aromatic rings. The number of amides is 2. The van der Waals surface area contributed by atoms with Gasteiger partial charge in [0.1, 0.15) is 29.9 Å². The molecule has 0 bridgehead atoms. The summed E-state index contributed by atoms with van der Waals surface area (Å²) in [5, 5.41) is 14.1. The van der Waals surface area contributed by atoms with Gasteiger partial charge in [-0.15, -0.1) is 0 Å². The summed E-state index contributed by atoms with van der Waals surface area (Å²) < 4.78 is 51.6. The number of imide groups is 1. The Morgan fingerprint density at radius 2 is 1.78 bits per heavy atom. The van der Waals surface area contributed by atoms with Crippen LogP contribution in [0.15, 0.2) is 65.7 Å². The standard InChI is InChI=1S/C36H43N6O8S/c1-5-40-16-18-41(19-17-40)33-24(21-37)23-42(35(43)32(33)27-11-9-15-38-34(27)49-6-2,36(44)50-30-22-39-28-12-8-7-10-26(28)30)51(45,46)31-14-13-25(47-3)20-29(31)48-4/h7-15,20,24,30,32-33,39H,5-6,16-19,22-23H2,1-4H3/q+1. The average Bonchev–Trinajstić information content (AvgIpc) is 3.57. The number of hydrogen-bond acceptors (Lipinski definition) is 13. The predicted octanol–water partition coefficient (Wildman–Crippen LogP) is 3.78. The second-order valence-corrected chi connectivity index (χ2v) is 14.6. The Morgan fingerprint density at radius 3 is 2.47 bits per heavy atom. The van der Waals surface area contributed by atoms with Gasteiger partial charge in [0, 0.05) is 55.3 Å². The molecule has 2 aromatic carbocycles. The molecular weight excluding hydrogens is 676 g/mol. The normalized spacial score (nSPS) is 25.3. The summed E-state index contributed by atoms with van der Waals surface area (Å²) in [5.74, 6) is -3.15. The number of methoxy groups -OCH3 is 2. The molecule has 2 amide bonds. The number of likely N-dealkylation sites (tertiary alicyclic amines) is 1. The van der Waals surface area contributed by atoms with Crippen molar-refractivity contribution in [2.45, 2.75) is 36.8 Å². The largest absolute Gasteiger partial charge is 0.540 e. The third kappa shape index (κ3) is 6.26. The fourth-order valence-electron chi connectivity index (χ4n) is 7.45. The van der Waals surface area contributed by atoms with Crippen LogP contribution in [0.3, 0.4) is 0 Å². The van der Waals surface area contributed by atoms with E-state index < -0.39 is 61.3 Å². The maximum atomic E-state index is 15.6. The first-order valence-corrected chi connectivity index (χ1v) is 18.5. The molecule has 5 atom stereocenters. The summed E-state index contributed by atoms with van der Waals surface area (Å²) in [4.78, 5) is 38.9. The van der Waals surface area contributed by atoms with Crippen LogP contribution in [-0.2, 0) is 19.6 Å². The highest BCUT2D eigenvalue weighted by atomic mass is 32.2. The van der Waals surface area contributed by atoms with E-state index in [2.05, 4.69) is 33.1 Å². The summed E-state index contributed by atoms with van der Waals surface area (Å²) in [6, 6.07) is 16.0. The van der Waals surface area contributed by atoms with Crippen LogP contribution in [0.1, 0.15) is 37.0 Å². The maximum Gasteiger partial charge on any atom is 0.540 e. The minimum atomic E-state index is -5.06. The van der Waals surface area contributed by atoms with Crippen LogP contribution < -0.4 is 19.5 Å². The van der Waals surface area contributed by atoms with Gasteiger partial charge in [-0.3, -0.25) is 4.90 Å². The first kappa shape index (κ1) is 36.1. The van der Waals surface area contributed by atoms with E-state index in [0.717, 1.165) is 12.2 Å². The van der Waals surface area contributed by atoms with Crippen molar-refractivity contribution in [3.63, 3.8) is 0 Å². The van der Waals surface area contributed by atoms with Crippen LogP contribution in [0, 0.1) is 17.2 Å². The van der Waals surface area contributed by atoms with Crippen LogP contribution in [-0.4, -0.2) is 112 Å². The maximum absolute atomic E-state index is 15.6. The fourth-order valence-corrected chi connectivity index (χ4v) is 9.37. The van der Waals surface area contributed by atoms with Gasteiger partial charge in [0.05, 0.1) is 39.5 Å². The van der Waals surface area contributed by atoms with Crippen LogP contribution >= 0.6 is 0 Å². The number of nitrogens with one attached hydrogen (secondary N) is 1. The van der Waals surface area contributed by atoms with Crippen molar-refractivity contribution in [2.75, 3.05) is 72.0 Å². The minimum absolute atomic E-state index is 0.119. The molecule has 5 unspecified atom stereocenters. The van der Waals surface area contributed by atoms with Crippen LogP contribution in [0.5, 0.6) is 17.4 Å². The van der Waals surface area contributed by atoms with E-state index in [4.69, 9.17) is 18.9 Å². The molecule has 0 radical (unpaired) electrons. The lowest BCUT2D eigenvalue weighted by molar-refractivity contribution is -0.665. The molecule has 3 aliphatic heterocycles. The van der Waals surface area contributed by atoms with Crippen molar-refractivity contribution in [2.24, 2.45) is 5.92 Å². The number of rotatable bonds is 10. The third-order valence-corrected chi connectivity index (χ3v) is 12.3. The number of piperidine rings is 1. The molecule has 1 N–H and O–H groups in total. The highest BCUT2D eigenvalue weighted by Gasteiger charge is 2.69. The van der Waals surface area contributed by atoms with E-state index in [-0.39, 0.29) is 30.3 Å². The second-order valence-electron chi connectivity index (χ2n) is 12.6. The van der Waals surface area contributed by atoms with E-state index in [0.29, 0.717) is 37.5 Å². The van der Waals surface area contributed by atoms with Crippen molar-refractivity contribution in [3.05, 3.63) is 71.9 Å². The van der Waals surface area contributed by atoms with E-state index in [1.807, 2.05) is 12.1 Å². The number of hydrogen-bond donors (Lipinski definition) is 1. The summed E-state index contributed by atoms with van der Waals surface area (Å²) >= 11 is 0. The first-order chi connectivity index (χ1) is 24.6. The van der Waals surface area contributed by atoms with E-state index in [1.165, 1.54) is 38.6 Å². The number of quaternary nitrogens is 1. The molecule has 14 nitrogen and oxygen atoms in total. The van der Waals surface area contributed by atoms with Gasteiger partial charge in [0.25, 0.3) is 0 Å². The number of nitriles is 1. The van der Waals surface area contributed by atoms with Crippen molar-refractivity contribution in [1.82, 2.24) is 14.8 Å². The molecular formula is C36H43N6O8S+. The Morgan fingerprint density at radius 1 is 1.04 bits per heavy atom. The average molecular weight is 720 g/mol. The molecule has 15 heteroatoms. The number of aromatic nitrogens is 1. The van der Waals surface area contributed by atoms with Crippen molar-refractivity contribution >= 4 is 27.7 Å². The highest BCUT2D eigenvalue weighted by Crippen LogP contribution is 2.47.